The van der Waals surface area contributed by atoms with Crippen molar-refractivity contribution in [1.82, 2.24) is 25.3 Å². The second-order valence-electron chi connectivity index (χ2n) is 8.89. The summed E-state index contributed by atoms with van der Waals surface area (Å²) in [5, 5.41) is 4.15. The molecule has 172 valence electrons. The third-order valence-corrected chi connectivity index (χ3v) is 6.60. The van der Waals surface area contributed by atoms with Gasteiger partial charge in [-0.3, -0.25) is 4.79 Å². The predicted octanol–water partition coefficient (Wildman–Crippen LogP) is 3.74. The molecule has 34 heavy (non-hydrogen) atoms. The van der Waals surface area contributed by atoms with Gasteiger partial charge in [-0.1, -0.05) is 30.3 Å². The van der Waals surface area contributed by atoms with E-state index in [2.05, 4.69) is 48.4 Å². The number of anilines is 1. The Morgan fingerprint density at radius 3 is 2.56 bits per heavy atom. The third kappa shape index (κ3) is 4.12. The van der Waals surface area contributed by atoms with E-state index in [0.29, 0.717) is 5.92 Å². The Bertz CT molecular complexity index is 1290. The summed E-state index contributed by atoms with van der Waals surface area (Å²) in [6.07, 6.45) is 9.47. The Balaban J connectivity index is 1.23. The summed E-state index contributed by atoms with van der Waals surface area (Å²) in [4.78, 5) is 31.8. The van der Waals surface area contributed by atoms with Crippen LogP contribution in [0.3, 0.4) is 0 Å². The highest BCUT2D eigenvalue weighted by Gasteiger charge is 2.34. The number of hydrogen-bond acceptors (Lipinski definition) is 6. The topological polar surface area (TPSA) is 96.0 Å². The molecule has 1 amide bonds. The molecule has 4 heterocycles. The van der Waals surface area contributed by atoms with Gasteiger partial charge in [0.25, 0.3) is 5.91 Å². The number of ether oxygens (including phenoxy) is 1. The highest BCUT2D eigenvalue weighted by atomic mass is 16.5. The zero-order valence-corrected chi connectivity index (χ0v) is 18.8. The highest BCUT2D eigenvalue weighted by molar-refractivity contribution is 5.95. The maximum atomic E-state index is 12.9. The van der Waals surface area contributed by atoms with Gasteiger partial charge >= 0.3 is 0 Å². The zero-order valence-electron chi connectivity index (χ0n) is 18.8. The minimum absolute atomic E-state index is 0.00437. The van der Waals surface area contributed by atoms with Gasteiger partial charge in [-0.05, 0) is 30.4 Å². The summed E-state index contributed by atoms with van der Waals surface area (Å²) in [7, 11) is 0. The number of benzene rings is 1. The minimum Gasteiger partial charge on any atom is -0.378 e. The van der Waals surface area contributed by atoms with E-state index in [1.165, 1.54) is 0 Å². The second-order valence-corrected chi connectivity index (χ2v) is 8.89. The molecular weight excluding hydrogens is 428 g/mol. The van der Waals surface area contributed by atoms with E-state index in [9.17, 15) is 4.79 Å². The van der Waals surface area contributed by atoms with Crippen LogP contribution in [0.25, 0.3) is 22.2 Å². The number of fused-ring (bicyclic) bond motifs is 1. The summed E-state index contributed by atoms with van der Waals surface area (Å²) >= 11 is 0. The Morgan fingerprint density at radius 1 is 1.06 bits per heavy atom. The van der Waals surface area contributed by atoms with Crippen molar-refractivity contribution in [3.05, 3.63) is 72.6 Å². The number of pyridine rings is 1. The molecular formula is C26H26N6O2. The number of H-pyrrole nitrogens is 1. The Morgan fingerprint density at radius 2 is 1.82 bits per heavy atom. The first-order chi connectivity index (χ1) is 16.8. The molecule has 1 aromatic carbocycles. The number of rotatable bonds is 6. The van der Waals surface area contributed by atoms with Crippen LogP contribution in [0, 0.1) is 5.92 Å². The fraction of sp³-hybridized carbons (Fsp3) is 0.308. The molecule has 4 aromatic rings. The summed E-state index contributed by atoms with van der Waals surface area (Å²) < 4.78 is 5.47. The van der Waals surface area contributed by atoms with Crippen LogP contribution >= 0.6 is 0 Å². The second kappa shape index (κ2) is 8.87. The van der Waals surface area contributed by atoms with Crippen LogP contribution in [-0.4, -0.2) is 52.1 Å². The fourth-order valence-corrected chi connectivity index (χ4v) is 4.58. The standard InChI is InChI=1S/C26H26N6O2/c33-26(31-23(18-6-7-18)17-4-2-1-3-5-17)25-27-13-19(14-28-25)22-16-30-24-21(22)12-20(15-29-24)32-8-10-34-11-9-32/h1-5,12-16,18,23H,6-11H2,(H,29,30)(H,31,33). The number of morpholine rings is 1. The van der Waals surface area contributed by atoms with Crippen LogP contribution in [-0.2, 0) is 4.74 Å². The molecule has 1 saturated heterocycles. The molecule has 2 aliphatic rings. The number of aromatic amines is 1. The van der Waals surface area contributed by atoms with E-state index in [4.69, 9.17) is 4.74 Å². The van der Waals surface area contributed by atoms with Crippen molar-refractivity contribution in [2.24, 2.45) is 5.92 Å². The Hall–Kier alpha value is -3.78. The normalized spacial score (nSPS) is 17.0. The number of carbonyl (C=O) groups is 1. The highest BCUT2D eigenvalue weighted by Crippen LogP contribution is 2.41. The number of aromatic nitrogens is 4. The number of nitrogens with one attached hydrogen (secondary N) is 2. The van der Waals surface area contributed by atoms with Crippen LogP contribution < -0.4 is 10.2 Å². The lowest BCUT2D eigenvalue weighted by molar-refractivity contribution is 0.0921. The van der Waals surface area contributed by atoms with Gasteiger partial charge < -0.3 is 19.9 Å². The van der Waals surface area contributed by atoms with Gasteiger partial charge in [0, 0.05) is 48.2 Å². The van der Waals surface area contributed by atoms with Crippen LogP contribution in [0.4, 0.5) is 5.69 Å². The number of carbonyl (C=O) groups excluding carboxylic acids is 1. The van der Waals surface area contributed by atoms with Crippen molar-refractivity contribution in [2.75, 3.05) is 31.2 Å². The smallest absolute Gasteiger partial charge is 0.289 e. The first-order valence-electron chi connectivity index (χ1n) is 11.7. The van der Waals surface area contributed by atoms with Crippen LogP contribution in [0.5, 0.6) is 0 Å². The molecule has 2 N–H and O–H groups in total. The summed E-state index contributed by atoms with van der Waals surface area (Å²) in [5.74, 6) is 0.407. The molecule has 0 spiro atoms. The van der Waals surface area contributed by atoms with Gasteiger partial charge in [0.05, 0.1) is 31.1 Å². The largest absolute Gasteiger partial charge is 0.378 e. The molecule has 1 aliphatic carbocycles. The molecule has 1 saturated carbocycles. The average molecular weight is 455 g/mol. The lowest BCUT2D eigenvalue weighted by atomic mass is 10.0. The molecule has 0 bridgehead atoms. The number of amides is 1. The third-order valence-electron chi connectivity index (χ3n) is 6.60. The van der Waals surface area contributed by atoms with Crippen molar-refractivity contribution in [3.63, 3.8) is 0 Å². The van der Waals surface area contributed by atoms with E-state index < -0.39 is 0 Å². The van der Waals surface area contributed by atoms with Crippen molar-refractivity contribution in [2.45, 2.75) is 18.9 Å². The van der Waals surface area contributed by atoms with E-state index in [1.807, 2.05) is 30.6 Å². The van der Waals surface area contributed by atoms with Crippen LogP contribution in [0.1, 0.15) is 35.1 Å². The van der Waals surface area contributed by atoms with Crippen molar-refractivity contribution < 1.29 is 9.53 Å². The first kappa shape index (κ1) is 20.8. The number of hydrogen-bond donors (Lipinski definition) is 2. The monoisotopic (exact) mass is 454 g/mol. The minimum atomic E-state index is -0.248. The molecule has 2 fully saturated rings. The Kier molecular flexibility index (Phi) is 5.43. The van der Waals surface area contributed by atoms with Gasteiger partial charge in [-0.25, -0.2) is 15.0 Å². The summed E-state index contributed by atoms with van der Waals surface area (Å²) in [6.45, 7) is 3.15. The van der Waals surface area contributed by atoms with Gasteiger partial charge in [0.15, 0.2) is 0 Å². The van der Waals surface area contributed by atoms with Crippen molar-refractivity contribution in [1.29, 1.82) is 0 Å². The Labute approximate surface area is 197 Å². The maximum absolute atomic E-state index is 12.9. The van der Waals surface area contributed by atoms with Gasteiger partial charge in [0.1, 0.15) is 5.65 Å². The van der Waals surface area contributed by atoms with Gasteiger partial charge in [0.2, 0.25) is 5.82 Å². The van der Waals surface area contributed by atoms with Crippen molar-refractivity contribution in [3.8, 4) is 11.1 Å². The molecule has 3 aromatic heterocycles. The summed E-state index contributed by atoms with van der Waals surface area (Å²) in [6, 6.07) is 12.2. The molecule has 1 unspecified atom stereocenters. The fourth-order valence-electron chi connectivity index (χ4n) is 4.58. The maximum Gasteiger partial charge on any atom is 0.289 e. The van der Waals surface area contributed by atoms with E-state index >= 15 is 0 Å². The molecule has 0 radical (unpaired) electrons. The predicted molar refractivity (Wildman–Crippen MR) is 130 cm³/mol. The van der Waals surface area contributed by atoms with Crippen LogP contribution in [0.15, 0.2) is 61.2 Å². The van der Waals surface area contributed by atoms with Crippen molar-refractivity contribution >= 4 is 22.6 Å². The molecule has 6 rings (SSSR count). The first-order valence-corrected chi connectivity index (χ1v) is 11.7. The molecule has 1 atom stereocenters. The van der Waals surface area contributed by atoms with Gasteiger partial charge in [-0.2, -0.15) is 0 Å². The molecule has 1 aliphatic heterocycles. The number of nitrogens with zero attached hydrogens (tertiary/aromatic N) is 4. The van der Waals surface area contributed by atoms with Crippen LogP contribution in [0.2, 0.25) is 0 Å². The molecule has 8 nitrogen and oxygen atoms in total. The quantitative estimate of drug-likeness (QED) is 0.461. The summed E-state index contributed by atoms with van der Waals surface area (Å²) in [5.41, 5.74) is 4.80. The van der Waals surface area contributed by atoms with E-state index in [0.717, 1.165) is 72.6 Å². The van der Waals surface area contributed by atoms with E-state index in [1.54, 1.807) is 12.4 Å². The SMILES string of the molecule is O=C(NC(c1ccccc1)C1CC1)c1ncc(-c2c[nH]c3ncc(N4CCOCC4)cc23)cn1. The van der Waals surface area contributed by atoms with Gasteiger partial charge in [-0.15, -0.1) is 0 Å². The lowest BCUT2D eigenvalue weighted by Gasteiger charge is -2.28. The average Bonchev–Trinajstić information content (AvgIpc) is 3.66. The lowest BCUT2D eigenvalue weighted by Crippen LogP contribution is -2.36. The zero-order chi connectivity index (χ0) is 22.9. The van der Waals surface area contributed by atoms with E-state index in [-0.39, 0.29) is 17.8 Å². The molecule has 8 heteroatoms.